The third-order valence-corrected chi connectivity index (χ3v) is 4.16. The molecule has 0 radical (unpaired) electrons. The number of rotatable bonds is 7. The van der Waals surface area contributed by atoms with E-state index in [4.69, 9.17) is 38.4 Å². The highest BCUT2D eigenvalue weighted by Crippen LogP contribution is 2.27. The Morgan fingerprint density at radius 2 is 1.88 bits per heavy atom. The second-order valence-electron chi connectivity index (χ2n) is 4.65. The Hall–Kier alpha value is -1.56. The number of hydrogen-bond acceptors (Lipinski definition) is 4. The molecule has 0 aliphatic heterocycles. The zero-order chi connectivity index (χ0) is 17.4. The van der Waals surface area contributed by atoms with Crippen LogP contribution in [0.2, 0.25) is 10.0 Å². The number of aliphatic imine (C=N–C) groups is 1. The molecule has 7 heteroatoms. The Morgan fingerprint density at radius 3 is 2.54 bits per heavy atom. The molecule has 0 aromatic heterocycles. The number of nitrogens with zero attached hydrogens (tertiary/aromatic N) is 1. The summed E-state index contributed by atoms with van der Waals surface area (Å²) in [6.07, 6.45) is 0. The fourth-order valence-electron chi connectivity index (χ4n) is 1.83. The number of nitrogens with two attached hydrogens (primary N) is 1. The van der Waals surface area contributed by atoms with Crippen LogP contribution in [0.25, 0.3) is 0 Å². The molecular formula is C17H18Cl2N2O2S. The SMILES string of the molecule is CCOc1ccc(N=C(N)SCCOc2ccc(Cl)cc2Cl)cc1. The molecule has 0 amide bonds. The fraction of sp³-hybridized carbons (Fsp3) is 0.235. The van der Waals surface area contributed by atoms with Crippen LogP contribution in [0.5, 0.6) is 11.5 Å². The number of hydrogen-bond donors (Lipinski definition) is 1. The zero-order valence-electron chi connectivity index (χ0n) is 13.2. The summed E-state index contributed by atoms with van der Waals surface area (Å²) in [7, 11) is 0. The maximum atomic E-state index is 6.04. The molecule has 0 fully saturated rings. The van der Waals surface area contributed by atoms with Crippen molar-refractivity contribution in [2.75, 3.05) is 19.0 Å². The standard InChI is InChI=1S/C17H18Cl2N2O2S/c1-2-22-14-6-4-13(5-7-14)21-17(20)24-10-9-23-16-8-3-12(18)11-15(16)19/h3-8,11H,2,9-10H2,1H3,(H2,20,21). The molecule has 0 bridgehead atoms. The molecule has 2 rings (SSSR count). The van der Waals surface area contributed by atoms with Crippen molar-refractivity contribution in [1.82, 2.24) is 0 Å². The van der Waals surface area contributed by atoms with E-state index in [0.29, 0.717) is 39.9 Å². The smallest absolute Gasteiger partial charge is 0.159 e. The number of halogens is 2. The van der Waals surface area contributed by atoms with Gasteiger partial charge >= 0.3 is 0 Å². The average molecular weight is 385 g/mol. The van der Waals surface area contributed by atoms with Gasteiger partial charge in [-0.25, -0.2) is 4.99 Å². The largest absolute Gasteiger partial charge is 0.494 e. The second-order valence-corrected chi connectivity index (χ2v) is 6.61. The Morgan fingerprint density at radius 1 is 1.12 bits per heavy atom. The maximum Gasteiger partial charge on any atom is 0.159 e. The summed E-state index contributed by atoms with van der Waals surface area (Å²) < 4.78 is 11.0. The van der Waals surface area contributed by atoms with Crippen LogP contribution in [-0.2, 0) is 0 Å². The van der Waals surface area contributed by atoms with Gasteiger partial charge in [-0.3, -0.25) is 0 Å². The Labute approximate surface area is 156 Å². The molecule has 0 heterocycles. The lowest BCUT2D eigenvalue weighted by atomic mass is 10.3. The quantitative estimate of drug-likeness (QED) is 0.407. The number of ether oxygens (including phenoxy) is 2. The molecular weight excluding hydrogens is 367 g/mol. The highest BCUT2D eigenvalue weighted by Gasteiger charge is 2.03. The van der Waals surface area contributed by atoms with Crippen LogP contribution in [0.4, 0.5) is 5.69 Å². The van der Waals surface area contributed by atoms with E-state index in [1.165, 1.54) is 11.8 Å². The number of amidine groups is 1. The molecule has 0 saturated heterocycles. The predicted octanol–water partition coefficient (Wildman–Crippen LogP) is 5.15. The number of thioether (sulfide) groups is 1. The average Bonchev–Trinajstić information content (AvgIpc) is 2.55. The van der Waals surface area contributed by atoms with Crippen LogP contribution >= 0.6 is 35.0 Å². The van der Waals surface area contributed by atoms with Crippen LogP contribution in [0.3, 0.4) is 0 Å². The molecule has 0 unspecified atom stereocenters. The highest BCUT2D eigenvalue weighted by molar-refractivity contribution is 8.13. The molecule has 0 aliphatic rings. The Bertz CT molecular complexity index is 693. The van der Waals surface area contributed by atoms with Crippen molar-refractivity contribution in [3.05, 3.63) is 52.5 Å². The highest BCUT2D eigenvalue weighted by atomic mass is 35.5. The molecule has 2 aromatic rings. The van der Waals surface area contributed by atoms with Crippen molar-refractivity contribution in [3.63, 3.8) is 0 Å². The van der Waals surface area contributed by atoms with Gasteiger partial charge in [-0.15, -0.1) is 0 Å². The van der Waals surface area contributed by atoms with Gasteiger partial charge in [0.25, 0.3) is 0 Å². The summed E-state index contributed by atoms with van der Waals surface area (Å²) in [5, 5.41) is 1.54. The van der Waals surface area contributed by atoms with Crippen LogP contribution < -0.4 is 15.2 Å². The van der Waals surface area contributed by atoms with Crippen molar-refractivity contribution in [3.8, 4) is 11.5 Å². The summed E-state index contributed by atoms with van der Waals surface area (Å²) in [5.41, 5.74) is 6.70. The first kappa shape index (κ1) is 18.8. The van der Waals surface area contributed by atoms with Crippen LogP contribution in [0, 0.1) is 0 Å². The number of benzene rings is 2. The van der Waals surface area contributed by atoms with E-state index in [9.17, 15) is 0 Å². The molecule has 0 aliphatic carbocycles. The molecule has 0 spiro atoms. The van der Waals surface area contributed by atoms with E-state index < -0.39 is 0 Å². The van der Waals surface area contributed by atoms with Crippen molar-refractivity contribution in [2.24, 2.45) is 10.7 Å². The first-order chi connectivity index (χ1) is 11.6. The molecule has 0 saturated carbocycles. The Balaban J connectivity index is 1.78. The monoisotopic (exact) mass is 384 g/mol. The van der Waals surface area contributed by atoms with Gasteiger partial charge in [0.1, 0.15) is 11.5 Å². The van der Waals surface area contributed by atoms with Crippen molar-refractivity contribution >= 4 is 45.8 Å². The molecule has 2 N–H and O–H groups in total. The summed E-state index contributed by atoms with van der Waals surface area (Å²) in [4.78, 5) is 4.34. The van der Waals surface area contributed by atoms with Gasteiger partial charge in [0.05, 0.1) is 23.9 Å². The van der Waals surface area contributed by atoms with Gasteiger partial charge in [0.2, 0.25) is 0 Å². The van der Waals surface area contributed by atoms with Crippen LogP contribution in [0.15, 0.2) is 47.5 Å². The van der Waals surface area contributed by atoms with E-state index >= 15 is 0 Å². The third-order valence-electron chi connectivity index (χ3n) is 2.87. The molecule has 128 valence electrons. The lowest BCUT2D eigenvalue weighted by Gasteiger charge is -2.08. The minimum atomic E-state index is 0.464. The second kappa shape index (κ2) is 9.67. The lowest BCUT2D eigenvalue weighted by Crippen LogP contribution is -2.10. The maximum absolute atomic E-state index is 6.04. The Kier molecular flexibility index (Phi) is 7.56. The van der Waals surface area contributed by atoms with Crippen molar-refractivity contribution in [2.45, 2.75) is 6.92 Å². The van der Waals surface area contributed by atoms with Gasteiger partial charge in [-0.1, -0.05) is 35.0 Å². The van der Waals surface area contributed by atoms with Gasteiger partial charge in [-0.2, -0.15) is 0 Å². The van der Waals surface area contributed by atoms with E-state index in [2.05, 4.69) is 4.99 Å². The minimum Gasteiger partial charge on any atom is -0.494 e. The minimum absolute atomic E-state index is 0.464. The van der Waals surface area contributed by atoms with E-state index in [-0.39, 0.29) is 0 Å². The first-order valence-electron chi connectivity index (χ1n) is 7.36. The zero-order valence-corrected chi connectivity index (χ0v) is 15.5. The fourth-order valence-corrected chi connectivity index (χ4v) is 2.84. The molecule has 2 aromatic carbocycles. The van der Waals surface area contributed by atoms with Gasteiger partial charge in [-0.05, 0) is 49.4 Å². The van der Waals surface area contributed by atoms with E-state index in [0.717, 1.165) is 11.4 Å². The van der Waals surface area contributed by atoms with Crippen LogP contribution in [-0.4, -0.2) is 24.1 Å². The van der Waals surface area contributed by atoms with Gasteiger partial charge in [0.15, 0.2) is 5.17 Å². The van der Waals surface area contributed by atoms with Crippen molar-refractivity contribution in [1.29, 1.82) is 0 Å². The lowest BCUT2D eigenvalue weighted by molar-refractivity contribution is 0.340. The van der Waals surface area contributed by atoms with E-state index in [1.807, 2.05) is 31.2 Å². The summed E-state index contributed by atoms with van der Waals surface area (Å²) in [6, 6.07) is 12.6. The van der Waals surface area contributed by atoms with Gasteiger partial charge < -0.3 is 15.2 Å². The normalized spacial score (nSPS) is 11.4. The molecule has 4 nitrogen and oxygen atoms in total. The summed E-state index contributed by atoms with van der Waals surface area (Å²) in [6.45, 7) is 3.05. The van der Waals surface area contributed by atoms with Gasteiger partial charge in [0, 0.05) is 10.8 Å². The third kappa shape index (κ3) is 6.15. The van der Waals surface area contributed by atoms with E-state index in [1.54, 1.807) is 18.2 Å². The summed E-state index contributed by atoms with van der Waals surface area (Å²) >= 11 is 13.3. The topological polar surface area (TPSA) is 56.8 Å². The molecule has 24 heavy (non-hydrogen) atoms. The predicted molar refractivity (Wildman–Crippen MR) is 103 cm³/mol. The first-order valence-corrected chi connectivity index (χ1v) is 9.10. The van der Waals surface area contributed by atoms with Crippen molar-refractivity contribution < 1.29 is 9.47 Å². The summed E-state index contributed by atoms with van der Waals surface area (Å²) in [5.74, 6) is 2.07. The molecule has 0 atom stereocenters. The van der Waals surface area contributed by atoms with Crippen LogP contribution in [0.1, 0.15) is 6.92 Å².